The van der Waals surface area contributed by atoms with Crippen molar-refractivity contribution in [3.05, 3.63) is 63.9 Å². The Kier molecular flexibility index (Phi) is 4.87. The Morgan fingerprint density at radius 1 is 1.24 bits per heavy atom. The molecule has 0 saturated carbocycles. The summed E-state index contributed by atoms with van der Waals surface area (Å²) in [4.78, 5) is 25.7. The van der Waals surface area contributed by atoms with E-state index in [2.05, 4.69) is 5.32 Å². The second kappa shape index (κ2) is 7.23. The molecule has 1 atom stereocenters. The highest BCUT2D eigenvalue weighted by Gasteiger charge is 2.37. The molecule has 0 saturated heterocycles. The van der Waals surface area contributed by atoms with Crippen LogP contribution in [0.5, 0.6) is 5.75 Å². The summed E-state index contributed by atoms with van der Waals surface area (Å²) in [5.41, 5.74) is 1.94. The van der Waals surface area contributed by atoms with E-state index >= 15 is 0 Å². The summed E-state index contributed by atoms with van der Waals surface area (Å²) in [6.07, 6.45) is 1.03. The molecule has 1 aromatic heterocycles. The third-order valence-electron chi connectivity index (χ3n) is 5.58. The molecule has 0 bridgehead atoms. The number of Topliss-reactive ketones (excluding diaryl/α,β-unsaturated/α-hetero) is 1. The maximum Gasteiger partial charge on any atom is 0.287 e. The van der Waals surface area contributed by atoms with Gasteiger partial charge in [-0.05, 0) is 44.0 Å². The number of halogens is 1. The van der Waals surface area contributed by atoms with Gasteiger partial charge in [-0.25, -0.2) is 0 Å². The molecule has 0 fully saturated rings. The molecule has 5 nitrogen and oxygen atoms in total. The standard InChI is InChI=1S/C23H22ClNO4/c1-4-23(3)11-16(26)20-18(29-23)10-9-17-19(20)13(2)21(28-17)22(27)25-12-14-7-5-6-8-15(14)24/h5-10H,4,11-12H2,1-3H3,(H,25,27)/t23-/m0/s1. The Hall–Kier alpha value is -2.79. The quantitative estimate of drug-likeness (QED) is 0.619. The number of hydrogen-bond acceptors (Lipinski definition) is 4. The van der Waals surface area contributed by atoms with E-state index in [-0.39, 0.29) is 24.0 Å². The number of hydrogen-bond donors (Lipinski definition) is 1. The third kappa shape index (κ3) is 3.40. The number of nitrogens with one attached hydrogen (secondary N) is 1. The van der Waals surface area contributed by atoms with Gasteiger partial charge in [0.15, 0.2) is 11.5 Å². The van der Waals surface area contributed by atoms with Crippen molar-refractivity contribution >= 4 is 34.3 Å². The predicted octanol–water partition coefficient (Wildman–Crippen LogP) is 5.46. The van der Waals surface area contributed by atoms with Crippen molar-refractivity contribution in [3.63, 3.8) is 0 Å². The summed E-state index contributed by atoms with van der Waals surface area (Å²) in [5, 5.41) is 4.07. The van der Waals surface area contributed by atoms with Gasteiger partial charge in [0, 0.05) is 22.5 Å². The molecule has 150 valence electrons. The first-order valence-electron chi connectivity index (χ1n) is 9.63. The van der Waals surface area contributed by atoms with Crippen LogP contribution in [0.4, 0.5) is 0 Å². The molecule has 0 radical (unpaired) electrons. The van der Waals surface area contributed by atoms with E-state index in [1.54, 1.807) is 25.1 Å². The Morgan fingerprint density at radius 2 is 2.00 bits per heavy atom. The molecule has 2 aromatic carbocycles. The molecule has 1 aliphatic heterocycles. The van der Waals surface area contributed by atoms with Crippen LogP contribution < -0.4 is 10.1 Å². The number of carbonyl (C=O) groups excluding carboxylic acids is 2. The van der Waals surface area contributed by atoms with Gasteiger partial charge in [0.1, 0.15) is 16.9 Å². The Morgan fingerprint density at radius 3 is 2.72 bits per heavy atom. The number of ether oxygens (including phenoxy) is 1. The molecule has 1 amide bonds. The van der Waals surface area contributed by atoms with Crippen LogP contribution in [-0.4, -0.2) is 17.3 Å². The summed E-state index contributed by atoms with van der Waals surface area (Å²) >= 11 is 6.15. The van der Waals surface area contributed by atoms with Gasteiger partial charge in [0.2, 0.25) is 0 Å². The van der Waals surface area contributed by atoms with Crippen molar-refractivity contribution in [2.24, 2.45) is 0 Å². The Labute approximate surface area is 174 Å². The van der Waals surface area contributed by atoms with Crippen molar-refractivity contribution in [1.82, 2.24) is 5.32 Å². The lowest BCUT2D eigenvalue weighted by Gasteiger charge is -2.34. The van der Waals surface area contributed by atoms with E-state index in [1.807, 2.05) is 32.0 Å². The fourth-order valence-corrected chi connectivity index (χ4v) is 3.93. The summed E-state index contributed by atoms with van der Waals surface area (Å²) < 4.78 is 11.9. The normalized spacial score (nSPS) is 18.4. The van der Waals surface area contributed by atoms with Gasteiger partial charge >= 0.3 is 0 Å². The van der Waals surface area contributed by atoms with Crippen molar-refractivity contribution in [1.29, 1.82) is 0 Å². The lowest BCUT2D eigenvalue weighted by molar-refractivity contribution is 0.0503. The highest BCUT2D eigenvalue weighted by molar-refractivity contribution is 6.31. The van der Waals surface area contributed by atoms with E-state index in [9.17, 15) is 9.59 Å². The zero-order valence-electron chi connectivity index (χ0n) is 16.6. The van der Waals surface area contributed by atoms with Crippen molar-refractivity contribution in [2.75, 3.05) is 0 Å². The van der Waals surface area contributed by atoms with Gasteiger partial charge in [-0.1, -0.05) is 36.7 Å². The molecule has 1 N–H and O–H groups in total. The average Bonchev–Trinajstić information content (AvgIpc) is 3.03. The zero-order valence-corrected chi connectivity index (χ0v) is 17.4. The van der Waals surface area contributed by atoms with Crippen LogP contribution in [0.3, 0.4) is 0 Å². The third-order valence-corrected chi connectivity index (χ3v) is 5.95. The fourth-order valence-electron chi connectivity index (χ4n) is 3.72. The molecule has 3 aromatic rings. The molecule has 0 unspecified atom stereocenters. The van der Waals surface area contributed by atoms with Crippen LogP contribution in [0.15, 0.2) is 40.8 Å². The highest BCUT2D eigenvalue weighted by atomic mass is 35.5. The maximum absolute atomic E-state index is 12.9. The van der Waals surface area contributed by atoms with Crippen molar-refractivity contribution < 1.29 is 18.7 Å². The number of carbonyl (C=O) groups is 2. The molecular weight excluding hydrogens is 390 g/mol. The molecule has 6 heteroatoms. The molecule has 0 spiro atoms. The van der Waals surface area contributed by atoms with Crippen LogP contribution in [0.2, 0.25) is 5.02 Å². The second-order valence-corrected chi connectivity index (χ2v) is 8.05. The number of amides is 1. The van der Waals surface area contributed by atoms with E-state index < -0.39 is 5.60 Å². The lowest BCUT2D eigenvalue weighted by Crippen LogP contribution is -2.38. The first-order chi connectivity index (χ1) is 13.8. The topological polar surface area (TPSA) is 68.5 Å². The van der Waals surface area contributed by atoms with Gasteiger partial charge < -0.3 is 14.5 Å². The van der Waals surface area contributed by atoms with Crippen molar-refractivity contribution in [2.45, 2.75) is 45.8 Å². The summed E-state index contributed by atoms with van der Waals surface area (Å²) in [6.45, 7) is 6.01. The SMILES string of the molecule is CC[C@@]1(C)CC(=O)c2c(ccc3oc(C(=O)NCc4ccccc4Cl)c(C)c23)O1. The summed E-state index contributed by atoms with van der Waals surface area (Å²) in [5.74, 6) is 0.394. The minimum atomic E-state index is -0.509. The minimum Gasteiger partial charge on any atom is -0.486 e. The Bertz CT molecular complexity index is 1130. The van der Waals surface area contributed by atoms with Gasteiger partial charge in [-0.15, -0.1) is 0 Å². The van der Waals surface area contributed by atoms with E-state index in [0.717, 1.165) is 12.0 Å². The molecular formula is C23H22ClNO4. The number of fused-ring (bicyclic) bond motifs is 3. The maximum atomic E-state index is 12.9. The van der Waals surface area contributed by atoms with Crippen LogP contribution in [0.25, 0.3) is 11.0 Å². The first kappa shape index (κ1) is 19.5. The average molecular weight is 412 g/mol. The second-order valence-electron chi connectivity index (χ2n) is 7.65. The number of ketones is 1. The summed E-state index contributed by atoms with van der Waals surface area (Å²) in [6, 6.07) is 10.8. The van der Waals surface area contributed by atoms with Gasteiger partial charge in [0.25, 0.3) is 5.91 Å². The molecule has 4 rings (SSSR count). The van der Waals surface area contributed by atoms with Gasteiger partial charge in [-0.3, -0.25) is 9.59 Å². The molecule has 29 heavy (non-hydrogen) atoms. The van der Waals surface area contributed by atoms with Gasteiger partial charge in [-0.2, -0.15) is 0 Å². The van der Waals surface area contributed by atoms with Gasteiger partial charge in [0.05, 0.1) is 12.0 Å². The number of benzene rings is 2. The molecule has 2 heterocycles. The largest absolute Gasteiger partial charge is 0.486 e. The number of rotatable bonds is 4. The highest BCUT2D eigenvalue weighted by Crippen LogP contribution is 2.41. The molecule has 1 aliphatic rings. The van der Waals surface area contributed by atoms with Crippen LogP contribution >= 0.6 is 11.6 Å². The van der Waals surface area contributed by atoms with Crippen LogP contribution in [-0.2, 0) is 6.54 Å². The summed E-state index contributed by atoms with van der Waals surface area (Å²) in [7, 11) is 0. The van der Waals surface area contributed by atoms with E-state index in [0.29, 0.717) is 39.3 Å². The van der Waals surface area contributed by atoms with E-state index in [4.69, 9.17) is 20.8 Å². The van der Waals surface area contributed by atoms with Crippen LogP contribution in [0.1, 0.15) is 58.7 Å². The smallest absolute Gasteiger partial charge is 0.287 e. The minimum absolute atomic E-state index is 0.00752. The number of aryl methyl sites for hydroxylation is 1. The predicted molar refractivity (Wildman–Crippen MR) is 112 cm³/mol. The molecule has 0 aliphatic carbocycles. The Balaban J connectivity index is 1.68. The fraction of sp³-hybridized carbons (Fsp3) is 0.304. The monoisotopic (exact) mass is 411 g/mol. The van der Waals surface area contributed by atoms with E-state index in [1.165, 1.54) is 0 Å². The van der Waals surface area contributed by atoms with Crippen LogP contribution in [0, 0.1) is 6.92 Å². The lowest BCUT2D eigenvalue weighted by atomic mass is 9.87. The van der Waals surface area contributed by atoms with Crippen molar-refractivity contribution in [3.8, 4) is 5.75 Å². The first-order valence-corrected chi connectivity index (χ1v) is 10.0. The zero-order chi connectivity index (χ0) is 20.8. The number of furan rings is 1.